The molecule has 2 atom stereocenters. The Balaban J connectivity index is 2.13. The third-order valence-corrected chi connectivity index (χ3v) is 4.34. The summed E-state index contributed by atoms with van der Waals surface area (Å²) in [6.07, 6.45) is 4.04. The van der Waals surface area contributed by atoms with Crippen LogP contribution in [0.1, 0.15) is 25.7 Å². The maximum Gasteiger partial charge on any atom is 0.0741 e. The summed E-state index contributed by atoms with van der Waals surface area (Å²) in [5, 5.41) is 13.3. The van der Waals surface area contributed by atoms with Gasteiger partial charge in [0.1, 0.15) is 0 Å². The maximum absolute atomic E-state index is 9.92. The van der Waals surface area contributed by atoms with Crippen LogP contribution in [0.4, 0.5) is 5.69 Å². The minimum Gasteiger partial charge on any atom is -0.391 e. The van der Waals surface area contributed by atoms with Gasteiger partial charge in [0.15, 0.2) is 0 Å². The fraction of sp³-hybridized carbons (Fsp3) is 0.500. The molecule has 2 nitrogen and oxygen atoms in total. The van der Waals surface area contributed by atoms with Gasteiger partial charge in [-0.15, -0.1) is 0 Å². The van der Waals surface area contributed by atoms with Crippen LogP contribution in [0.5, 0.6) is 0 Å². The van der Waals surface area contributed by atoms with Crippen molar-refractivity contribution in [2.24, 2.45) is 0 Å². The Kier molecular flexibility index (Phi) is 4.27. The van der Waals surface area contributed by atoms with Crippen molar-refractivity contribution in [3.8, 4) is 0 Å². The van der Waals surface area contributed by atoms with Crippen LogP contribution in [-0.4, -0.2) is 17.3 Å². The van der Waals surface area contributed by atoms with Crippen LogP contribution in [-0.2, 0) is 0 Å². The Bertz CT molecular complexity index is 350. The van der Waals surface area contributed by atoms with E-state index in [0.29, 0.717) is 0 Å². The molecule has 0 heterocycles. The van der Waals surface area contributed by atoms with Gasteiger partial charge in [0.05, 0.1) is 17.8 Å². The van der Waals surface area contributed by atoms with Gasteiger partial charge in [-0.2, -0.15) is 0 Å². The van der Waals surface area contributed by atoms with E-state index in [1.54, 1.807) is 0 Å². The fourth-order valence-corrected chi connectivity index (χ4v) is 3.33. The van der Waals surface area contributed by atoms with Gasteiger partial charge in [0.2, 0.25) is 0 Å². The molecule has 88 valence electrons. The smallest absolute Gasteiger partial charge is 0.0741 e. The Labute approximate surface area is 113 Å². The van der Waals surface area contributed by atoms with E-state index in [9.17, 15) is 5.11 Å². The number of para-hydroxylation sites is 1. The second kappa shape index (κ2) is 5.52. The second-order valence-electron chi connectivity index (χ2n) is 4.20. The van der Waals surface area contributed by atoms with Crippen LogP contribution in [0.3, 0.4) is 0 Å². The van der Waals surface area contributed by atoms with Crippen LogP contribution < -0.4 is 5.32 Å². The molecule has 16 heavy (non-hydrogen) atoms. The number of nitrogens with one attached hydrogen (secondary N) is 1. The zero-order chi connectivity index (χ0) is 11.5. The topological polar surface area (TPSA) is 32.3 Å². The van der Waals surface area contributed by atoms with Gasteiger partial charge < -0.3 is 10.4 Å². The minimum absolute atomic E-state index is 0.170. The number of aliphatic hydroxyl groups is 1. The summed E-state index contributed by atoms with van der Waals surface area (Å²) in [5.41, 5.74) is 1.04. The van der Waals surface area contributed by atoms with Gasteiger partial charge in [-0.3, -0.25) is 0 Å². The van der Waals surface area contributed by atoms with Gasteiger partial charge in [0.25, 0.3) is 0 Å². The first kappa shape index (κ1) is 12.4. The van der Waals surface area contributed by atoms with Gasteiger partial charge in [0, 0.05) is 8.95 Å². The molecular weight excluding hydrogens is 334 g/mol. The van der Waals surface area contributed by atoms with Gasteiger partial charge in [-0.1, -0.05) is 18.9 Å². The summed E-state index contributed by atoms with van der Waals surface area (Å²) in [5.74, 6) is 0. The predicted octanol–water partition coefficient (Wildman–Crippen LogP) is 3.93. The normalized spacial score (nSPS) is 25.4. The first-order chi connectivity index (χ1) is 7.68. The standard InChI is InChI=1S/C12H15Br2NO/c13-8-4-3-5-9(14)12(8)15-10-6-1-2-7-11(10)16/h3-5,10-11,15-16H,1-2,6-7H2/t10-,11-/m1/s1. The molecule has 1 saturated carbocycles. The molecule has 1 aliphatic carbocycles. The molecule has 0 saturated heterocycles. The number of hydrogen-bond donors (Lipinski definition) is 2. The van der Waals surface area contributed by atoms with Crippen LogP contribution >= 0.6 is 31.9 Å². The molecule has 0 amide bonds. The van der Waals surface area contributed by atoms with E-state index >= 15 is 0 Å². The summed E-state index contributed by atoms with van der Waals surface area (Å²) in [7, 11) is 0. The summed E-state index contributed by atoms with van der Waals surface area (Å²) in [6.45, 7) is 0. The highest BCUT2D eigenvalue weighted by Gasteiger charge is 2.23. The quantitative estimate of drug-likeness (QED) is 0.848. The lowest BCUT2D eigenvalue weighted by molar-refractivity contribution is 0.116. The second-order valence-corrected chi connectivity index (χ2v) is 5.91. The van der Waals surface area contributed by atoms with Crippen molar-refractivity contribution < 1.29 is 5.11 Å². The monoisotopic (exact) mass is 347 g/mol. The Morgan fingerprint density at radius 1 is 1.12 bits per heavy atom. The lowest BCUT2D eigenvalue weighted by Crippen LogP contribution is -2.36. The highest BCUT2D eigenvalue weighted by Crippen LogP contribution is 2.33. The average Bonchev–Trinajstić information content (AvgIpc) is 2.26. The molecule has 0 bridgehead atoms. The largest absolute Gasteiger partial charge is 0.391 e. The number of halogens is 2. The fourth-order valence-electron chi connectivity index (χ4n) is 2.10. The van der Waals surface area contributed by atoms with E-state index in [0.717, 1.165) is 33.9 Å². The van der Waals surface area contributed by atoms with E-state index in [2.05, 4.69) is 37.2 Å². The van der Waals surface area contributed by atoms with Crippen molar-refractivity contribution in [2.75, 3.05) is 5.32 Å². The molecule has 0 spiro atoms. The Hall–Kier alpha value is -0.0600. The summed E-state index contributed by atoms with van der Waals surface area (Å²) >= 11 is 7.04. The van der Waals surface area contributed by atoms with Crippen molar-refractivity contribution in [3.63, 3.8) is 0 Å². The highest BCUT2D eigenvalue weighted by atomic mass is 79.9. The third-order valence-electron chi connectivity index (χ3n) is 3.02. The molecular formula is C12H15Br2NO. The number of rotatable bonds is 2. The van der Waals surface area contributed by atoms with Gasteiger partial charge in [-0.25, -0.2) is 0 Å². The molecule has 0 aliphatic heterocycles. The van der Waals surface area contributed by atoms with Crippen molar-refractivity contribution in [3.05, 3.63) is 27.1 Å². The maximum atomic E-state index is 9.92. The van der Waals surface area contributed by atoms with E-state index in [1.807, 2.05) is 18.2 Å². The van der Waals surface area contributed by atoms with Crippen molar-refractivity contribution >= 4 is 37.5 Å². The molecule has 0 unspecified atom stereocenters. The van der Waals surface area contributed by atoms with Crippen LogP contribution in [0.2, 0.25) is 0 Å². The van der Waals surface area contributed by atoms with Gasteiger partial charge >= 0.3 is 0 Å². The molecule has 4 heteroatoms. The van der Waals surface area contributed by atoms with Crippen molar-refractivity contribution in [1.82, 2.24) is 0 Å². The molecule has 1 aromatic carbocycles. The third kappa shape index (κ3) is 2.79. The van der Waals surface area contributed by atoms with E-state index in [1.165, 1.54) is 6.42 Å². The first-order valence-corrected chi connectivity index (χ1v) is 7.15. The van der Waals surface area contributed by atoms with Gasteiger partial charge in [-0.05, 0) is 56.8 Å². The zero-order valence-corrected chi connectivity index (χ0v) is 12.1. The summed E-state index contributed by atoms with van der Waals surface area (Å²) in [4.78, 5) is 0. The molecule has 1 fully saturated rings. The van der Waals surface area contributed by atoms with Crippen LogP contribution in [0, 0.1) is 0 Å². The zero-order valence-electron chi connectivity index (χ0n) is 8.92. The van der Waals surface area contributed by atoms with E-state index in [-0.39, 0.29) is 12.1 Å². The number of benzene rings is 1. The summed E-state index contributed by atoms with van der Waals surface area (Å²) < 4.78 is 2.05. The first-order valence-electron chi connectivity index (χ1n) is 5.57. The summed E-state index contributed by atoms with van der Waals surface area (Å²) in [6, 6.07) is 6.16. The van der Waals surface area contributed by atoms with Crippen LogP contribution in [0.15, 0.2) is 27.1 Å². The highest BCUT2D eigenvalue weighted by molar-refractivity contribution is 9.11. The molecule has 2 rings (SSSR count). The lowest BCUT2D eigenvalue weighted by atomic mass is 9.92. The van der Waals surface area contributed by atoms with E-state index < -0.39 is 0 Å². The van der Waals surface area contributed by atoms with Crippen molar-refractivity contribution in [2.45, 2.75) is 37.8 Å². The average molecular weight is 349 g/mol. The lowest BCUT2D eigenvalue weighted by Gasteiger charge is -2.30. The number of hydrogen-bond acceptors (Lipinski definition) is 2. The number of anilines is 1. The minimum atomic E-state index is -0.229. The van der Waals surface area contributed by atoms with Crippen molar-refractivity contribution in [1.29, 1.82) is 0 Å². The van der Waals surface area contributed by atoms with E-state index in [4.69, 9.17) is 0 Å². The molecule has 1 aromatic rings. The van der Waals surface area contributed by atoms with Crippen LogP contribution in [0.25, 0.3) is 0 Å². The molecule has 1 aliphatic rings. The Morgan fingerprint density at radius 3 is 2.38 bits per heavy atom. The SMILES string of the molecule is O[C@@H]1CCCC[C@H]1Nc1c(Br)cccc1Br. The molecule has 2 N–H and O–H groups in total. The molecule has 0 radical (unpaired) electrons. The Morgan fingerprint density at radius 2 is 1.75 bits per heavy atom. The molecule has 0 aromatic heterocycles. The predicted molar refractivity (Wildman–Crippen MR) is 73.7 cm³/mol. The number of aliphatic hydroxyl groups excluding tert-OH is 1.